The first-order valence-electron chi connectivity index (χ1n) is 5.80. The van der Waals surface area contributed by atoms with E-state index >= 15 is 0 Å². The van der Waals surface area contributed by atoms with Gasteiger partial charge in [-0.25, -0.2) is 13.1 Å². The fraction of sp³-hybridized carbons (Fsp3) is 0.333. The van der Waals surface area contributed by atoms with Crippen LogP contribution in [0.15, 0.2) is 27.8 Å². The zero-order chi connectivity index (χ0) is 13.9. The third-order valence-electron chi connectivity index (χ3n) is 2.78. The summed E-state index contributed by atoms with van der Waals surface area (Å²) in [4.78, 5) is 1.68. The number of aryl methyl sites for hydroxylation is 1. The van der Waals surface area contributed by atoms with Gasteiger partial charge in [-0.1, -0.05) is 6.92 Å². The van der Waals surface area contributed by atoms with Crippen LogP contribution in [0.1, 0.15) is 22.2 Å². The second-order valence-electron chi connectivity index (χ2n) is 3.91. The molecule has 0 saturated carbocycles. The first-order valence-corrected chi connectivity index (χ1v) is 9.05. The molecule has 0 aliphatic carbocycles. The molecule has 0 aliphatic rings. The lowest BCUT2D eigenvalue weighted by atomic mass is 10.2. The molecule has 19 heavy (non-hydrogen) atoms. The summed E-state index contributed by atoms with van der Waals surface area (Å²) in [6.07, 6.45) is 0.890. The van der Waals surface area contributed by atoms with Crippen molar-refractivity contribution in [3.8, 4) is 0 Å². The lowest BCUT2D eigenvalue weighted by Crippen LogP contribution is -2.23. The molecule has 0 spiro atoms. The molecule has 2 aromatic heterocycles. The average Bonchev–Trinajstić information content (AvgIpc) is 3.04. The summed E-state index contributed by atoms with van der Waals surface area (Å²) < 4.78 is 26.9. The topological polar surface area (TPSA) is 66.4 Å². The fourth-order valence-electron chi connectivity index (χ4n) is 1.76. The Morgan fingerprint density at radius 1 is 1.21 bits per heavy atom. The second kappa shape index (κ2) is 6.15. The maximum Gasteiger partial charge on any atom is 0.242 e. The molecule has 2 aromatic rings. The van der Waals surface area contributed by atoms with Crippen LogP contribution in [-0.2, 0) is 29.6 Å². The molecule has 0 atom stereocenters. The molecule has 0 radical (unpaired) electrons. The van der Waals surface area contributed by atoms with Crippen LogP contribution in [0.5, 0.6) is 0 Å². The van der Waals surface area contributed by atoms with Crippen molar-refractivity contribution in [1.29, 1.82) is 0 Å². The van der Waals surface area contributed by atoms with Crippen LogP contribution in [0.25, 0.3) is 0 Å². The van der Waals surface area contributed by atoms with Gasteiger partial charge in [-0.05, 0) is 34.9 Å². The first-order chi connectivity index (χ1) is 9.08. The Bertz CT molecular complexity index is 643. The third-order valence-corrected chi connectivity index (χ3v) is 6.26. The predicted molar refractivity (Wildman–Crippen MR) is 78.0 cm³/mol. The zero-order valence-corrected chi connectivity index (χ0v) is 12.9. The van der Waals surface area contributed by atoms with E-state index in [-0.39, 0.29) is 11.5 Å². The highest BCUT2D eigenvalue weighted by Crippen LogP contribution is 2.23. The molecule has 0 aromatic carbocycles. The van der Waals surface area contributed by atoms with E-state index in [0.29, 0.717) is 11.4 Å². The molecule has 0 unspecified atom stereocenters. The van der Waals surface area contributed by atoms with Crippen molar-refractivity contribution < 1.29 is 13.5 Å². The van der Waals surface area contributed by atoms with Crippen LogP contribution in [0.2, 0.25) is 0 Å². The van der Waals surface area contributed by atoms with Gasteiger partial charge in [-0.2, -0.15) is 0 Å². The van der Waals surface area contributed by atoms with E-state index in [1.54, 1.807) is 16.7 Å². The number of nitrogens with one attached hydrogen (secondary N) is 1. The molecule has 0 saturated heterocycles. The molecular weight excluding hydrogens is 302 g/mol. The van der Waals surface area contributed by atoms with Gasteiger partial charge < -0.3 is 5.11 Å². The monoisotopic (exact) mass is 317 g/mol. The molecule has 0 bridgehead atoms. The lowest BCUT2D eigenvalue weighted by Gasteiger charge is -2.07. The average molecular weight is 317 g/mol. The van der Waals surface area contributed by atoms with Crippen molar-refractivity contribution in [3.05, 3.63) is 38.2 Å². The predicted octanol–water partition coefficient (Wildman–Crippen LogP) is 2.34. The fourth-order valence-corrected chi connectivity index (χ4v) is 5.05. The van der Waals surface area contributed by atoms with Gasteiger partial charge in [0.05, 0.1) is 11.5 Å². The Morgan fingerprint density at radius 3 is 2.58 bits per heavy atom. The highest BCUT2D eigenvalue weighted by Gasteiger charge is 2.19. The molecule has 7 heteroatoms. The highest BCUT2D eigenvalue weighted by molar-refractivity contribution is 7.89. The van der Waals surface area contributed by atoms with Crippen molar-refractivity contribution >= 4 is 32.7 Å². The Labute approximate surface area is 120 Å². The Hall–Kier alpha value is -0.730. The molecule has 0 fully saturated rings. The Balaban J connectivity index is 2.14. The third kappa shape index (κ3) is 3.24. The zero-order valence-electron chi connectivity index (χ0n) is 10.4. The van der Waals surface area contributed by atoms with Gasteiger partial charge in [0.2, 0.25) is 10.0 Å². The van der Waals surface area contributed by atoms with Crippen LogP contribution in [0.3, 0.4) is 0 Å². The minimum Gasteiger partial charge on any atom is -0.391 e. The van der Waals surface area contributed by atoms with Gasteiger partial charge in [0.1, 0.15) is 0 Å². The maximum atomic E-state index is 12.2. The smallest absolute Gasteiger partial charge is 0.242 e. The van der Waals surface area contributed by atoms with E-state index in [2.05, 4.69) is 4.72 Å². The molecule has 2 N–H and O–H groups in total. The largest absolute Gasteiger partial charge is 0.391 e. The number of aliphatic hydroxyl groups is 1. The van der Waals surface area contributed by atoms with Crippen molar-refractivity contribution in [2.24, 2.45) is 0 Å². The molecule has 0 aliphatic heterocycles. The summed E-state index contributed by atoms with van der Waals surface area (Å²) in [5, 5.41) is 12.8. The first kappa shape index (κ1) is 14.7. The maximum absolute atomic E-state index is 12.2. The summed E-state index contributed by atoms with van der Waals surface area (Å²) in [7, 11) is -3.55. The van der Waals surface area contributed by atoms with Gasteiger partial charge >= 0.3 is 0 Å². The molecule has 0 amide bonds. The number of aliphatic hydroxyl groups excluding tert-OH is 1. The van der Waals surface area contributed by atoms with Crippen LogP contribution >= 0.6 is 22.7 Å². The number of sulfonamides is 1. The molecule has 2 rings (SSSR count). The molecular formula is C12H15NO3S3. The quantitative estimate of drug-likeness (QED) is 0.859. The van der Waals surface area contributed by atoms with Gasteiger partial charge in [-0.3, -0.25) is 0 Å². The summed E-state index contributed by atoms with van der Waals surface area (Å²) in [6.45, 7) is 2.08. The highest BCUT2D eigenvalue weighted by atomic mass is 32.2. The number of thiophene rings is 2. The van der Waals surface area contributed by atoms with E-state index in [4.69, 9.17) is 5.11 Å². The van der Waals surface area contributed by atoms with Crippen LogP contribution in [0, 0.1) is 0 Å². The lowest BCUT2D eigenvalue weighted by molar-refractivity contribution is 0.282. The van der Waals surface area contributed by atoms with Crippen LogP contribution in [0.4, 0.5) is 0 Å². The minimum absolute atomic E-state index is 0.176. The molecule has 104 valence electrons. The number of hydrogen-bond donors (Lipinski definition) is 2. The van der Waals surface area contributed by atoms with Crippen molar-refractivity contribution in [3.63, 3.8) is 0 Å². The van der Waals surface area contributed by atoms with Gasteiger partial charge in [0.25, 0.3) is 0 Å². The normalized spacial score (nSPS) is 11.9. The number of rotatable bonds is 6. The van der Waals surface area contributed by atoms with E-state index in [1.807, 2.05) is 18.4 Å². The Morgan fingerprint density at radius 2 is 1.89 bits per heavy atom. The van der Waals surface area contributed by atoms with Gasteiger partial charge in [0, 0.05) is 16.3 Å². The van der Waals surface area contributed by atoms with Crippen molar-refractivity contribution in [2.75, 3.05) is 0 Å². The minimum atomic E-state index is -3.55. The standard InChI is InChI=1S/C12H15NO3S3/c1-2-9-3-5-17-10(9)7-13-19(15,16)12-4-6-18-11(12)8-14/h3-6,13-14H,2,7-8H2,1H3. The van der Waals surface area contributed by atoms with Crippen molar-refractivity contribution in [1.82, 2.24) is 4.72 Å². The van der Waals surface area contributed by atoms with Crippen LogP contribution < -0.4 is 4.72 Å². The second-order valence-corrected chi connectivity index (χ2v) is 7.65. The van der Waals surface area contributed by atoms with Crippen LogP contribution in [-0.4, -0.2) is 13.5 Å². The Kier molecular flexibility index (Phi) is 4.75. The van der Waals surface area contributed by atoms with E-state index < -0.39 is 10.0 Å². The summed E-state index contributed by atoms with van der Waals surface area (Å²) >= 11 is 2.79. The van der Waals surface area contributed by atoms with E-state index in [1.165, 1.54) is 23.0 Å². The summed E-state index contributed by atoms with van der Waals surface area (Å²) in [5.74, 6) is 0. The molecule has 4 nitrogen and oxygen atoms in total. The molecule has 2 heterocycles. The van der Waals surface area contributed by atoms with E-state index in [0.717, 1.165) is 11.3 Å². The van der Waals surface area contributed by atoms with Gasteiger partial charge in [0.15, 0.2) is 0 Å². The SMILES string of the molecule is CCc1ccsc1CNS(=O)(=O)c1ccsc1CO. The van der Waals surface area contributed by atoms with Gasteiger partial charge in [-0.15, -0.1) is 22.7 Å². The van der Waals surface area contributed by atoms with E-state index in [9.17, 15) is 8.42 Å². The summed E-state index contributed by atoms with van der Waals surface area (Å²) in [6, 6.07) is 3.53. The van der Waals surface area contributed by atoms with Crippen molar-refractivity contribution in [2.45, 2.75) is 31.4 Å². The number of hydrogen-bond acceptors (Lipinski definition) is 5. The summed E-state index contributed by atoms with van der Waals surface area (Å²) in [5.41, 5.74) is 1.17.